The number of piperidine rings is 1. The molecule has 3 amide bonds. The van der Waals surface area contributed by atoms with Crippen molar-refractivity contribution in [2.45, 2.75) is 76.8 Å². The Balaban J connectivity index is 1.56. The van der Waals surface area contributed by atoms with Crippen LogP contribution in [-0.2, 0) is 33.3 Å². The third-order valence-electron chi connectivity index (χ3n) is 8.80. The topological polar surface area (TPSA) is 69.7 Å². The molecule has 2 aromatic carbocycles. The van der Waals surface area contributed by atoms with Gasteiger partial charge in [0.25, 0.3) is 0 Å². The molecule has 4 rings (SSSR count). The molecule has 13 heteroatoms. The summed E-state index contributed by atoms with van der Waals surface area (Å²) < 4.78 is 94.5. The quantitative estimate of drug-likeness (QED) is 0.368. The zero-order valence-electron chi connectivity index (χ0n) is 25.2. The molecule has 1 saturated heterocycles. The van der Waals surface area contributed by atoms with Gasteiger partial charge >= 0.3 is 12.4 Å². The minimum absolute atomic E-state index is 0.00379. The average molecular weight is 644 g/mol. The minimum Gasteiger partial charge on any atom is -0.354 e. The van der Waals surface area contributed by atoms with Crippen LogP contribution in [0.4, 0.5) is 30.7 Å². The number of halogens is 7. The molecule has 45 heavy (non-hydrogen) atoms. The molecule has 0 radical (unpaired) electrons. The highest BCUT2D eigenvalue weighted by Gasteiger charge is 2.41. The molecule has 0 spiro atoms. The van der Waals surface area contributed by atoms with Crippen molar-refractivity contribution in [2.75, 3.05) is 20.1 Å². The summed E-state index contributed by atoms with van der Waals surface area (Å²) in [7, 11) is 1.31. The highest BCUT2D eigenvalue weighted by molar-refractivity contribution is 5.82. The van der Waals surface area contributed by atoms with Crippen LogP contribution in [0.5, 0.6) is 0 Å². The van der Waals surface area contributed by atoms with E-state index < -0.39 is 53.6 Å². The second-order valence-corrected chi connectivity index (χ2v) is 12.1. The number of carbonyl (C=O) groups excluding carboxylic acids is 3. The summed E-state index contributed by atoms with van der Waals surface area (Å²) in [5.41, 5.74) is -2.08. The van der Waals surface area contributed by atoms with Gasteiger partial charge in [0.15, 0.2) is 0 Å². The molecule has 0 bridgehead atoms. The molecule has 1 aliphatic carbocycles. The predicted molar refractivity (Wildman–Crippen MR) is 151 cm³/mol. The van der Waals surface area contributed by atoms with Crippen molar-refractivity contribution in [1.29, 1.82) is 0 Å². The van der Waals surface area contributed by atoms with E-state index in [4.69, 9.17) is 0 Å². The van der Waals surface area contributed by atoms with Crippen molar-refractivity contribution in [2.24, 2.45) is 11.8 Å². The number of benzene rings is 2. The van der Waals surface area contributed by atoms with Gasteiger partial charge in [-0.15, -0.1) is 0 Å². The van der Waals surface area contributed by atoms with Crippen LogP contribution in [0.2, 0.25) is 0 Å². The number of alkyl halides is 6. The molecular weight excluding hydrogens is 607 g/mol. The van der Waals surface area contributed by atoms with Gasteiger partial charge in [0.2, 0.25) is 17.7 Å². The first kappa shape index (κ1) is 34.2. The number of nitrogens with one attached hydrogen (secondary N) is 1. The van der Waals surface area contributed by atoms with Crippen LogP contribution < -0.4 is 5.32 Å². The van der Waals surface area contributed by atoms with Crippen molar-refractivity contribution in [3.63, 3.8) is 0 Å². The second kappa shape index (κ2) is 13.4. The fourth-order valence-corrected chi connectivity index (χ4v) is 6.59. The Labute approximate surface area is 256 Å². The van der Waals surface area contributed by atoms with Gasteiger partial charge in [-0.1, -0.05) is 6.07 Å². The van der Waals surface area contributed by atoms with Crippen LogP contribution in [-0.4, -0.2) is 53.7 Å². The monoisotopic (exact) mass is 643 g/mol. The van der Waals surface area contributed by atoms with E-state index in [2.05, 4.69) is 5.32 Å². The van der Waals surface area contributed by atoms with Gasteiger partial charge in [-0.05, 0) is 86.1 Å². The van der Waals surface area contributed by atoms with Crippen LogP contribution in [0.3, 0.4) is 0 Å². The Morgan fingerprint density at radius 3 is 2.04 bits per heavy atom. The molecule has 2 atom stereocenters. The van der Waals surface area contributed by atoms with Crippen molar-refractivity contribution in [3.8, 4) is 0 Å². The van der Waals surface area contributed by atoms with E-state index in [-0.39, 0.29) is 54.9 Å². The molecule has 1 saturated carbocycles. The predicted octanol–water partition coefficient (Wildman–Crippen LogP) is 6.46. The maximum Gasteiger partial charge on any atom is 0.416 e. The maximum absolute atomic E-state index is 14.0. The summed E-state index contributed by atoms with van der Waals surface area (Å²) in [6.07, 6.45) is -7.36. The number of hydrogen-bond donors (Lipinski definition) is 1. The first-order chi connectivity index (χ1) is 20.9. The summed E-state index contributed by atoms with van der Waals surface area (Å²) >= 11 is 0. The number of rotatable bonds is 6. The fourth-order valence-electron chi connectivity index (χ4n) is 6.59. The first-order valence-corrected chi connectivity index (χ1v) is 14.8. The fraction of sp³-hybridized carbons (Fsp3) is 0.531. The van der Waals surface area contributed by atoms with Gasteiger partial charge in [0.05, 0.1) is 11.1 Å². The molecular formula is C32H36F7N3O3. The van der Waals surface area contributed by atoms with E-state index in [1.807, 2.05) is 0 Å². The summed E-state index contributed by atoms with van der Waals surface area (Å²) in [4.78, 5) is 41.6. The van der Waals surface area contributed by atoms with Crippen LogP contribution in [0.1, 0.15) is 72.8 Å². The summed E-state index contributed by atoms with van der Waals surface area (Å²) in [6, 6.07) is 5.35. The maximum atomic E-state index is 14.0. The van der Waals surface area contributed by atoms with E-state index in [1.54, 1.807) is 17.9 Å². The molecule has 0 unspecified atom stereocenters. The highest BCUT2D eigenvalue weighted by atomic mass is 19.4. The van der Waals surface area contributed by atoms with E-state index in [0.29, 0.717) is 48.9 Å². The van der Waals surface area contributed by atoms with Gasteiger partial charge in [-0.25, -0.2) is 4.39 Å². The lowest BCUT2D eigenvalue weighted by atomic mass is 9.77. The smallest absolute Gasteiger partial charge is 0.354 e. The molecule has 2 aliphatic rings. The lowest BCUT2D eigenvalue weighted by molar-refractivity contribution is -0.144. The van der Waals surface area contributed by atoms with Crippen molar-refractivity contribution >= 4 is 17.7 Å². The van der Waals surface area contributed by atoms with Crippen molar-refractivity contribution in [3.05, 3.63) is 70.0 Å². The van der Waals surface area contributed by atoms with Crippen molar-refractivity contribution in [1.82, 2.24) is 15.1 Å². The van der Waals surface area contributed by atoms with Gasteiger partial charge in [0, 0.05) is 57.4 Å². The molecule has 1 aliphatic heterocycles. The summed E-state index contributed by atoms with van der Waals surface area (Å²) in [5.74, 6) is -2.80. The zero-order valence-corrected chi connectivity index (χ0v) is 25.2. The van der Waals surface area contributed by atoms with Crippen LogP contribution in [0, 0.1) is 24.6 Å². The molecule has 0 aromatic heterocycles. The standard InChI is InChI=1S/C32H36F7N3O3/c1-18-12-24(33)6-9-26(18)28-17-42(29(44)21-4-7-25(8-5-21)40-19(2)43)11-10-27(28)30(45)41(3)16-20-13-22(31(34,35)36)15-23(14-20)32(37,38)39/h6,9,12-15,21,25,27-28H,4-5,7-8,10-11,16-17H2,1-3H3,(H,40,43)/t21?,25?,27-,28+/m1/s1. The van der Waals surface area contributed by atoms with Gasteiger partial charge in [-0.2, -0.15) is 26.3 Å². The molecule has 2 aromatic rings. The van der Waals surface area contributed by atoms with E-state index in [0.717, 1.165) is 4.90 Å². The Morgan fingerprint density at radius 1 is 0.911 bits per heavy atom. The Kier molecular flexibility index (Phi) is 10.2. The largest absolute Gasteiger partial charge is 0.416 e. The number of carbonyl (C=O) groups is 3. The van der Waals surface area contributed by atoms with Crippen LogP contribution in [0.15, 0.2) is 36.4 Å². The number of nitrogens with zero attached hydrogens (tertiary/aromatic N) is 2. The van der Waals surface area contributed by atoms with E-state index >= 15 is 0 Å². The summed E-state index contributed by atoms with van der Waals surface area (Å²) in [6.45, 7) is 2.99. The molecule has 6 nitrogen and oxygen atoms in total. The zero-order chi connectivity index (χ0) is 33.3. The van der Waals surface area contributed by atoms with E-state index in [1.165, 1.54) is 26.1 Å². The lowest BCUT2D eigenvalue weighted by Gasteiger charge is -2.42. The lowest BCUT2D eigenvalue weighted by Crippen LogP contribution is -2.50. The number of hydrogen-bond acceptors (Lipinski definition) is 3. The summed E-state index contributed by atoms with van der Waals surface area (Å²) in [5, 5.41) is 2.88. The molecule has 246 valence electrons. The van der Waals surface area contributed by atoms with Crippen LogP contribution in [0.25, 0.3) is 0 Å². The van der Waals surface area contributed by atoms with Gasteiger partial charge in [0.1, 0.15) is 5.82 Å². The Bertz CT molecular complexity index is 1390. The molecule has 1 heterocycles. The highest BCUT2D eigenvalue weighted by Crippen LogP contribution is 2.39. The minimum atomic E-state index is -5.02. The SMILES string of the molecule is CC(=O)NC1CCC(C(=O)N2CC[C@@H](C(=O)N(C)Cc3cc(C(F)(F)F)cc(C(F)(F)F)c3)[C@H](c3ccc(F)cc3C)C2)CC1. The first-order valence-electron chi connectivity index (χ1n) is 14.8. The molecule has 1 N–H and O–H groups in total. The number of amides is 3. The van der Waals surface area contributed by atoms with Crippen LogP contribution >= 0.6 is 0 Å². The average Bonchev–Trinajstić information content (AvgIpc) is 2.95. The van der Waals surface area contributed by atoms with Gasteiger partial charge < -0.3 is 15.1 Å². The second-order valence-electron chi connectivity index (χ2n) is 12.1. The molecule has 2 fully saturated rings. The van der Waals surface area contributed by atoms with E-state index in [9.17, 15) is 45.1 Å². The number of aryl methyl sites for hydroxylation is 1. The Morgan fingerprint density at radius 2 is 1.51 bits per heavy atom. The number of likely N-dealkylation sites (tertiary alicyclic amines) is 1. The third kappa shape index (κ3) is 8.35. The third-order valence-corrected chi connectivity index (χ3v) is 8.80. The van der Waals surface area contributed by atoms with Gasteiger partial charge in [-0.3, -0.25) is 14.4 Å². The normalized spacial score (nSPS) is 22.6. The van der Waals surface area contributed by atoms with Crippen molar-refractivity contribution < 1.29 is 45.1 Å². The Hall–Kier alpha value is -3.64.